The number of unbranched alkanes of at least 4 members (excludes halogenated alkanes) is 50. The molecule has 0 aliphatic carbocycles. The van der Waals surface area contributed by atoms with Crippen LogP contribution in [0, 0.1) is 0 Å². The lowest BCUT2D eigenvalue weighted by Crippen LogP contribution is -2.61. The Bertz CT molecular complexity index is 1650. The van der Waals surface area contributed by atoms with Gasteiger partial charge in [0.25, 0.3) is 0 Å². The Morgan fingerprint density at radius 2 is 0.779 bits per heavy atom. The maximum Gasteiger partial charge on any atom is 0.397 e. The summed E-state index contributed by atoms with van der Waals surface area (Å²) in [7, 11) is -5.09. The molecule has 1 saturated heterocycles. The molecule has 7 unspecified atom stereocenters. The summed E-state index contributed by atoms with van der Waals surface area (Å²) in [6.45, 7) is 3.46. The number of allylic oxidation sites excluding steroid dienone is 5. The summed E-state index contributed by atoms with van der Waals surface area (Å²) in [4.78, 5) is 13.2. The minimum absolute atomic E-state index is 0.256. The summed E-state index contributed by atoms with van der Waals surface area (Å²) in [5, 5.41) is 45.2. The molecule has 6 N–H and O–H groups in total. The molecule has 0 aromatic heterocycles. The SMILES string of the molecule is CCCCCCCCCCCCCCCCC/C=C\C/C=C\CCCCCCCCCCCCCCCCCCCC(=O)NC(COC1OC(CO)C(O)C(OS(=O)(=O)O)C1O)C(O)/C=C/CCCCCCCCCCCCCCCCCCCC. The zero-order valence-electron chi connectivity index (χ0n) is 55.9. The number of aliphatic hydroxyl groups is 4. The molecule has 508 valence electrons. The van der Waals surface area contributed by atoms with Crippen molar-refractivity contribution in [2.45, 2.75) is 410 Å². The number of hydrogen-bond donors (Lipinski definition) is 6. The fourth-order valence-electron chi connectivity index (χ4n) is 12.0. The lowest BCUT2D eigenvalue weighted by atomic mass is 9.99. The zero-order valence-corrected chi connectivity index (χ0v) is 56.7. The first kappa shape index (κ1) is 82.3. The molecule has 0 aromatic carbocycles. The Hall–Kier alpha value is -1.68. The number of rotatable bonds is 66. The monoisotopic (exact) mass is 1240 g/mol. The predicted molar refractivity (Wildman–Crippen MR) is 361 cm³/mol. The van der Waals surface area contributed by atoms with Gasteiger partial charge in [-0.25, -0.2) is 4.18 Å². The maximum atomic E-state index is 13.2. The van der Waals surface area contributed by atoms with Crippen LogP contribution in [0.1, 0.15) is 367 Å². The highest BCUT2D eigenvalue weighted by Gasteiger charge is 2.48. The highest BCUT2D eigenvalue weighted by molar-refractivity contribution is 7.80. The highest BCUT2D eigenvalue weighted by atomic mass is 32.3. The zero-order chi connectivity index (χ0) is 62.5. The van der Waals surface area contributed by atoms with Gasteiger partial charge in [0.2, 0.25) is 5.91 Å². The van der Waals surface area contributed by atoms with E-state index in [9.17, 15) is 38.2 Å². The summed E-state index contributed by atoms with van der Waals surface area (Å²) < 4.78 is 48.0. The molecule has 12 nitrogen and oxygen atoms in total. The third kappa shape index (κ3) is 53.0. The molecular weight excluding hydrogens is 1100 g/mol. The van der Waals surface area contributed by atoms with Crippen LogP contribution in [0.5, 0.6) is 0 Å². The van der Waals surface area contributed by atoms with E-state index in [0.29, 0.717) is 6.42 Å². The molecule has 0 radical (unpaired) electrons. The van der Waals surface area contributed by atoms with E-state index in [2.05, 4.69) is 47.7 Å². The van der Waals surface area contributed by atoms with Gasteiger partial charge in [-0.05, 0) is 51.4 Å². The van der Waals surface area contributed by atoms with Crippen LogP contribution in [0.15, 0.2) is 36.5 Å². The largest absolute Gasteiger partial charge is 0.397 e. The highest BCUT2D eigenvalue weighted by Crippen LogP contribution is 2.26. The lowest BCUT2D eigenvalue weighted by molar-refractivity contribution is -0.298. The molecule has 7 atom stereocenters. The summed E-state index contributed by atoms with van der Waals surface area (Å²) in [5.74, 6) is -0.256. The molecule has 1 fully saturated rings. The third-order valence-corrected chi connectivity index (χ3v) is 18.1. The molecule has 86 heavy (non-hydrogen) atoms. The van der Waals surface area contributed by atoms with E-state index in [4.69, 9.17) is 9.47 Å². The first-order chi connectivity index (χ1) is 42.0. The van der Waals surface area contributed by atoms with Crippen molar-refractivity contribution in [3.05, 3.63) is 36.5 Å². The van der Waals surface area contributed by atoms with Crippen LogP contribution < -0.4 is 5.32 Å². The van der Waals surface area contributed by atoms with E-state index in [1.54, 1.807) is 6.08 Å². The van der Waals surface area contributed by atoms with Gasteiger partial charge < -0.3 is 35.2 Å². The van der Waals surface area contributed by atoms with Gasteiger partial charge in [-0.15, -0.1) is 0 Å². The molecule has 0 saturated carbocycles. The molecule has 1 aliphatic heterocycles. The summed E-state index contributed by atoms with van der Waals surface area (Å²) in [6, 6.07) is -0.945. The standard InChI is InChI=1S/C73H139NO11S/c1-3-5-7-9-11-13-15-17-19-21-23-25-26-27-28-29-30-31-32-33-34-35-36-37-38-39-40-41-42-43-45-47-49-51-53-55-57-59-61-63-69(77)74-66(65-83-73-71(79)72(85-86(80,81)82)70(78)68(64-75)84-73)67(76)62-60-58-56-54-52-50-48-46-44-24-22-20-18-16-14-12-10-8-6-4-2/h30-31,33-34,60,62,66-68,70-73,75-76,78-79H,3-29,32,35-59,61,63-65H2,1-2H3,(H,74,77)(H,80,81,82)/b31-30-,34-33-,62-60+. The number of amides is 1. The fraction of sp³-hybridized carbons (Fsp3) is 0.904. The quantitative estimate of drug-likeness (QED) is 0.0193. The Kier molecular flexibility index (Phi) is 59.5. The van der Waals surface area contributed by atoms with Crippen LogP contribution in [-0.4, -0.2) is 95.4 Å². The first-order valence-electron chi connectivity index (χ1n) is 36.9. The smallest absolute Gasteiger partial charge is 0.394 e. The molecular formula is C73H139NO11S. The van der Waals surface area contributed by atoms with Crippen LogP contribution in [-0.2, 0) is 28.9 Å². The lowest BCUT2D eigenvalue weighted by Gasteiger charge is -2.41. The van der Waals surface area contributed by atoms with Crippen LogP contribution >= 0.6 is 0 Å². The minimum Gasteiger partial charge on any atom is -0.394 e. The Morgan fingerprint density at radius 3 is 1.10 bits per heavy atom. The summed E-state index contributed by atoms with van der Waals surface area (Å²) >= 11 is 0. The third-order valence-electron chi connectivity index (χ3n) is 17.7. The summed E-state index contributed by atoms with van der Waals surface area (Å²) in [5.41, 5.74) is 0. The number of hydrogen-bond acceptors (Lipinski definition) is 10. The predicted octanol–water partition coefficient (Wildman–Crippen LogP) is 19.6. The molecule has 0 bridgehead atoms. The second-order valence-corrected chi connectivity index (χ2v) is 26.9. The molecule has 13 heteroatoms. The van der Waals surface area contributed by atoms with Crippen molar-refractivity contribution < 1.29 is 51.8 Å². The van der Waals surface area contributed by atoms with Gasteiger partial charge in [0, 0.05) is 6.42 Å². The van der Waals surface area contributed by atoms with E-state index >= 15 is 0 Å². The van der Waals surface area contributed by atoms with Crippen molar-refractivity contribution in [2.75, 3.05) is 13.2 Å². The van der Waals surface area contributed by atoms with Crippen LogP contribution in [0.3, 0.4) is 0 Å². The van der Waals surface area contributed by atoms with E-state index in [-0.39, 0.29) is 18.9 Å². The van der Waals surface area contributed by atoms with E-state index in [1.165, 1.54) is 295 Å². The Balaban J connectivity index is 2.17. The number of nitrogens with one attached hydrogen (secondary N) is 1. The van der Waals surface area contributed by atoms with Gasteiger partial charge in [-0.3, -0.25) is 9.35 Å². The van der Waals surface area contributed by atoms with Crippen molar-refractivity contribution in [3.8, 4) is 0 Å². The van der Waals surface area contributed by atoms with Gasteiger partial charge in [0.1, 0.15) is 24.4 Å². The number of aliphatic hydroxyl groups excluding tert-OH is 4. The molecule has 0 aromatic rings. The summed E-state index contributed by atoms with van der Waals surface area (Å²) in [6.07, 6.45) is 73.8. The van der Waals surface area contributed by atoms with Crippen LogP contribution in [0.25, 0.3) is 0 Å². The van der Waals surface area contributed by atoms with Crippen LogP contribution in [0.4, 0.5) is 0 Å². The molecule has 0 spiro atoms. The van der Waals surface area contributed by atoms with Crippen molar-refractivity contribution in [1.82, 2.24) is 5.32 Å². The number of ether oxygens (including phenoxy) is 2. The van der Waals surface area contributed by atoms with Crippen molar-refractivity contribution in [2.24, 2.45) is 0 Å². The van der Waals surface area contributed by atoms with Crippen LogP contribution in [0.2, 0.25) is 0 Å². The van der Waals surface area contributed by atoms with Gasteiger partial charge in [0.05, 0.1) is 25.4 Å². The second-order valence-electron chi connectivity index (χ2n) is 25.9. The van der Waals surface area contributed by atoms with Gasteiger partial charge in [-0.2, -0.15) is 8.42 Å². The van der Waals surface area contributed by atoms with E-state index in [1.807, 2.05) is 6.08 Å². The Labute approximate surface area is 530 Å². The van der Waals surface area contributed by atoms with Crippen molar-refractivity contribution >= 4 is 16.3 Å². The normalized spacial score (nSPS) is 18.3. The number of carbonyl (C=O) groups excluding carboxylic acids is 1. The average Bonchev–Trinajstić information content (AvgIpc) is 1.66. The van der Waals surface area contributed by atoms with Gasteiger partial charge in [-0.1, -0.05) is 346 Å². The second kappa shape index (κ2) is 62.1. The maximum absolute atomic E-state index is 13.2. The van der Waals surface area contributed by atoms with Crippen molar-refractivity contribution in [1.29, 1.82) is 0 Å². The van der Waals surface area contributed by atoms with Crippen molar-refractivity contribution in [3.63, 3.8) is 0 Å². The van der Waals surface area contributed by atoms with E-state index < -0.39 is 59.9 Å². The number of carbonyl (C=O) groups is 1. The van der Waals surface area contributed by atoms with E-state index in [0.717, 1.165) is 44.9 Å². The van der Waals surface area contributed by atoms with Gasteiger partial charge in [0.15, 0.2) is 6.29 Å². The average molecular weight is 1240 g/mol. The fourth-order valence-corrected chi connectivity index (χ4v) is 12.5. The molecule has 1 rings (SSSR count). The Morgan fingerprint density at radius 1 is 0.465 bits per heavy atom. The topological polar surface area (TPSA) is 192 Å². The first-order valence-corrected chi connectivity index (χ1v) is 38.2. The molecule has 1 aliphatic rings. The molecule has 1 amide bonds. The molecule has 1 heterocycles. The van der Waals surface area contributed by atoms with Gasteiger partial charge >= 0.3 is 10.4 Å². The minimum atomic E-state index is -5.09.